The first-order chi connectivity index (χ1) is 18.6. The third-order valence-electron chi connectivity index (χ3n) is 6.42. The largest absolute Gasteiger partial charge is 0.507 e. The average molecular weight is 526 g/mol. The number of aromatic hydroxyl groups is 1. The van der Waals surface area contributed by atoms with Gasteiger partial charge < -0.3 is 15.2 Å². The minimum atomic E-state index is -0.268. The van der Waals surface area contributed by atoms with E-state index in [9.17, 15) is 9.90 Å². The third kappa shape index (κ3) is 5.98. The minimum absolute atomic E-state index is 0.0130. The van der Waals surface area contributed by atoms with E-state index in [0.29, 0.717) is 18.2 Å². The molecule has 38 heavy (non-hydrogen) atoms. The molecule has 4 aromatic carbocycles. The number of nitrogens with one attached hydrogen (secondary N) is 2. The number of amides is 1. The summed E-state index contributed by atoms with van der Waals surface area (Å²) >= 11 is 6.62. The predicted molar refractivity (Wildman–Crippen MR) is 151 cm³/mol. The van der Waals surface area contributed by atoms with E-state index in [1.165, 1.54) is 6.07 Å². The maximum atomic E-state index is 12.2. The number of hydrogen-bond acceptors (Lipinski definition) is 4. The highest BCUT2D eigenvalue weighted by atomic mass is 35.5. The summed E-state index contributed by atoms with van der Waals surface area (Å²) in [6.07, 6.45) is 2.47. The molecule has 0 aliphatic carbocycles. The smallest absolute Gasteiger partial charge is 0.255 e. The number of carbonyl (C=O) groups is 1. The number of rotatable bonds is 10. The van der Waals surface area contributed by atoms with Crippen LogP contribution in [0.5, 0.6) is 11.5 Å². The van der Waals surface area contributed by atoms with Crippen LogP contribution in [0.2, 0.25) is 5.02 Å². The standard InChI is InChI=1S/C31H28ClN3O3/c32-27-19-23(38-20-21-8-2-1-3-9-21)14-16-24(27)22-13-15-25-28(34-35-29(25)18-22)11-6-7-17-33-31(37)26-10-4-5-12-30(26)36/h1-5,8-10,12-16,18-19,36H,6-7,11,17,20H2,(H,33,37)(H,34,35). The number of aromatic amines is 1. The van der Waals surface area contributed by atoms with Crippen LogP contribution >= 0.6 is 11.6 Å². The van der Waals surface area contributed by atoms with E-state index in [1.54, 1.807) is 18.2 Å². The van der Waals surface area contributed by atoms with Crippen molar-refractivity contribution >= 4 is 28.4 Å². The molecule has 0 fully saturated rings. The van der Waals surface area contributed by atoms with Crippen LogP contribution in [-0.2, 0) is 13.0 Å². The summed E-state index contributed by atoms with van der Waals surface area (Å²) in [5.74, 6) is 0.445. The van der Waals surface area contributed by atoms with Crippen molar-refractivity contribution in [2.24, 2.45) is 0 Å². The number of unbranched alkanes of at least 4 members (excludes halogenated alkanes) is 1. The lowest BCUT2D eigenvalue weighted by molar-refractivity contribution is 0.0950. The minimum Gasteiger partial charge on any atom is -0.507 e. The Morgan fingerprint density at radius 3 is 2.58 bits per heavy atom. The fourth-order valence-electron chi connectivity index (χ4n) is 4.38. The van der Waals surface area contributed by atoms with Crippen molar-refractivity contribution in [1.82, 2.24) is 15.5 Å². The van der Waals surface area contributed by atoms with Gasteiger partial charge >= 0.3 is 0 Å². The molecule has 3 N–H and O–H groups in total. The average Bonchev–Trinajstić information content (AvgIpc) is 3.34. The van der Waals surface area contributed by atoms with Gasteiger partial charge in [0.1, 0.15) is 18.1 Å². The molecular weight excluding hydrogens is 498 g/mol. The molecule has 192 valence electrons. The van der Waals surface area contributed by atoms with Gasteiger partial charge in [0.25, 0.3) is 5.91 Å². The number of benzene rings is 4. The Balaban J connectivity index is 1.16. The van der Waals surface area contributed by atoms with Gasteiger partial charge in [0.15, 0.2) is 0 Å². The fraction of sp³-hybridized carbons (Fsp3) is 0.161. The number of aromatic nitrogens is 2. The van der Waals surface area contributed by atoms with Gasteiger partial charge in [0, 0.05) is 17.5 Å². The number of nitrogens with zero attached hydrogens (tertiary/aromatic N) is 1. The molecule has 0 bridgehead atoms. The Morgan fingerprint density at radius 2 is 1.76 bits per heavy atom. The molecule has 1 amide bonds. The first-order valence-corrected chi connectivity index (χ1v) is 13.0. The quantitative estimate of drug-likeness (QED) is 0.173. The predicted octanol–water partition coefficient (Wildman–Crippen LogP) is 6.92. The second-order valence-corrected chi connectivity index (χ2v) is 9.48. The summed E-state index contributed by atoms with van der Waals surface area (Å²) < 4.78 is 5.90. The Kier molecular flexibility index (Phi) is 7.90. The molecule has 0 atom stereocenters. The van der Waals surface area contributed by atoms with E-state index in [4.69, 9.17) is 16.3 Å². The van der Waals surface area contributed by atoms with Gasteiger partial charge in [-0.2, -0.15) is 5.10 Å². The van der Waals surface area contributed by atoms with Crippen molar-refractivity contribution in [3.8, 4) is 22.6 Å². The number of H-pyrrole nitrogens is 1. The first kappa shape index (κ1) is 25.4. The molecule has 7 heteroatoms. The van der Waals surface area contributed by atoms with E-state index in [0.717, 1.165) is 58.3 Å². The van der Waals surface area contributed by atoms with Gasteiger partial charge in [-0.25, -0.2) is 0 Å². The van der Waals surface area contributed by atoms with E-state index >= 15 is 0 Å². The van der Waals surface area contributed by atoms with Crippen LogP contribution in [0.3, 0.4) is 0 Å². The summed E-state index contributed by atoms with van der Waals surface area (Å²) in [5.41, 5.74) is 5.26. The zero-order valence-corrected chi connectivity index (χ0v) is 21.5. The second kappa shape index (κ2) is 11.8. The van der Waals surface area contributed by atoms with E-state index in [2.05, 4.69) is 33.7 Å². The van der Waals surface area contributed by atoms with Crippen molar-refractivity contribution in [1.29, 1.82) is 0 Å². The number of halogens is 1. The number of ether oxygens (including phenoxy) is 1. The number of phenolic OH excluding ortho intramolecular Hbond substituents is 1. The molecule has 1 heterocycles. The zero-order valence-electron chi connectivity index (χ0n) is 20.8. The van der Waals surface area contributed by atoms with Crippen molar-refractivity contribution in [2.45, 2.75) is 25.9 Å². The molecule has 0 saturated carbocycles. The maximum absolute atomic E-state index is 12.2. The lowest BCUT2D eigenvalue weighted by Crippen LogP contribution is -2.24. The summed E-state index contributed by atoms with van der Waals surface area (Å²) in [4.78, 5) is 12.2. The van der Waals surface area contributed by atoms with Crippen LogP contribution < -0.4 is 10.1 Å². The van der Waals surface area contributed by atoms with Gasteiger partial charge in [-0.3, -0.25) is 9.89 Å². The molecule has 0 unspecified atom stereocenters. The second-order valence-electron chi connectivity index (χ2n) is 9.08. The van der Waals surface area contributed by atoms with Crippen molar-refractivity contribution in [3.05, 3.63) is 113 Å². The van der Waals surface area contributed by atoms with E-state index < -0.39 is 0 Å². The topological polar surface area (TPSA) is 87.2 Å². The van der Waals surface area contributed by atoms with Crippen LogP contribution in [-0.4, -0.2) is 27.8 Å². The van der Waals surface area contributed by atoms with Gasteiger partial charge in [-0.1, -0.05) is 66.2 Å². The molecular formula is C31H28ClN3O3. The van der Waals surface area contributed by atoms with Crippen molar-refractivity contribution in [3.63, 3.8) is 0 Å². The van der Waals surface area contributed by atoms with Gasteiger partial charge in [0.05, 0.1) is 21.8 Å². The molecule has 0 saturated heterocycles. The molecule has 0 spiro atoms. The highest BCUT2D eigenvalue weighted by Gasteiger charge is 2.12. The van der Waals surface area contributed by atoms with Crippen molar-refractivity contribution < 1.29 is 14.6 Å². The van der Waals surface area contributed by atoms with E-state index in [1.807, 2.05) is 48.5 Å². The lowest BCUT2D eigenvalue weighted by atomic mass is 10.0. The molecule has 0 aliphatic heterocycles. The van der Waals surface area contributed by atoms with E-state index in [-0.39, 0.29) is 17.2 Å². The first-order valence-electron chi connectivity index (χ1n) is 12.6. The number of para-hydroxylation sites is 1. The Labute approximate surface area is 226 Å². The molecule has 0 aliphatic rings. The number of carbonyl (C=O) groups excluding carboxylic acids is 1. The molecule has 0 radical (unpaired) electrons. The SMILES string of the molecule is O=C(NCCCCc1n[nH]c2cc(-c3ccc(OCc4ccccc4)cc3Cl)ccc12)c1ccccc1O. The summed E-state index contributed by atoms with van der Waals surface area (Å²) in [6, 6.07) is 28.5. The zero-order chi connectivity index (χ0) is 26.3. The normalized spacial score (nSPS) is 11.0. The van der Waals surface area contributed by atoms with Crippen LogP contribution in [0, 0.1) is 0 Å². The van der Waals surface area contributed by atoms with Gasteiger partial charge in [-0.05, 0) is 66.8 Å². The van der Waals surface area contributed by atoms with Crippen LogP contribution in [0.4, 0.5) is 0 Å². The highest BCUT2D eigenvalue weighted by Crippen LogP contribution is 2.33. The Hall–Kier alpha value is -4.29. The molecule has 6 nitrogen and oxygen atoms in total. The summed E-state index contributed by atoms with van der Waals surface area (Å²) in [6.45, 7) is 1.02. The summed E-state index contributed by atoms with van der Waals surface area (Å²) in [7, 11) is 0. The Morgan fingerprint density at radius 1 is 0.947 bits per heavy atom. The van der Waals surface area contributed by atoms with Gasteiger partial charge in [-0.15, -0.1) is 0 Å². The van der Waals surface area contributed by atoms with Gasteiger partial charge in [0.2, 0.25) is 0 Å². The third-order valence-corrected chi connectivity index (χ3v) is 6.73. The lowest BCUT2D eigenvalue weighted by Gasteiger charge is -2.10. The summed E-state index contributed by atoms with van der Waals surface area (Å²) in [5, 5.41) is 22.0. The Bertz CT molecular complexity index is 1550. The highest BCUT2D eigenvalue weighted by molar-refractivity contribution is 6.33. The molecule has 1 aromatic heterocycles. The van der Waals surface area contributed by atoms with Crippen LogP contribution in [0.25, 0.3) is 22.0 Å². The van der Waals surface area contributed by atoms with Crippen LogP contribution in [0.15, 0.2) is 91.0 Å². The number of hydrogen-bond donors (Lipinski definition) is 3. The molecule has 5 aromatic rings. The number of phenols is 1. The monoisotopic (exact) mass is 525 g/mol. The fourth-order valence-corrected chi connectivity index (χ4v) is 4.65. The number of fused-ring (bicyclic) bond motifs is 1. The maximum Gasteiger partial charge on any atom is 0.255 e. The number of aryl methyl sites for hydroxylation is 1. The van der Waals surface area contributed by atoms with Crippen LogP contribution in [0.1, 0.15) is 34.5 Å². The van der Waals surface area contributed by atoms with Crippen molar-refractivity contribution in [2.75, 3.05) is 6.54 Å². The molecule has 5 rings (SSSR count).